The van der Waals surface area contributed by atoms with Crippen molar-refractivity contribution in [2.45, 2.75) is 25.4 Å². The third-order valence-corrected chi connectivity index (χ3v) is 6.49. The number of carbonyl (C=O) groups is 2. The van der Waals surface area contributed by atoms with Gasteiger partial charge in [-0.15, -0.1) is 0 Å². The lowest BCUT2D eigenvalue weighted by Crippen LogP contribution is -2.46. The van der Waals surface area contributed by atoms with Crippen LogP contribution in [-0.4, -0.2) is 71.8 Å². The first kappa shape index (κ1) is 25.1. The van der Waals surface area contributed by atoms with Crippen molar-refractivity contribution in [3.63, 3.8) is 0 Å². The molecule has 0 radical (unpaired) electrons. The minimum atomic E-state index is -0.635. The van der Waals surface area contributed by atoms with E-state index in [1.165, 1.54) is 10.9 Å². The molecule has 1 fully saturated rings. The van der Waals surface area contributed by atoms with Crippen LogP contribution in [0.5, 0.6) is 11.5 Å². The van der Waals surface area contributed by atoms with Gasteiger partial charge < -0.3 is 25.4 Å². The van der Waals surface area contributed by atoms with E-state index in [2.05, 4.69) is 21.3 Å². The number of likely N-dealkylation sites (tertiary alicyclic amines) is 1. The number of anilines is 1. The maximum Gasteiger partial charge on any atom is 0.329 e. The van der Waals surface area contributed by atoms with Gasteiger partial charge in [-0.1, -0.05) is 18.2 Å². The topological polar surface area (TPSA) is 115 Å². The summed E-state index contributed by atoms with van der Waals surface area (Å²) in [6.07, 6.45) is 5.00. The lowest BCUT2D eigenvalue weighted by atomic mass is 10.0. The molecule has 10 heteroatoms. The zero-order valence-electron chi connectivity index (χ0n) is 20.8. The minimum absolute atomic E-state index is 0.126. The number of hydrogen-bond donors (Lipinski definition) is 2. The van der Waals surface area contributed by atoms with E-state index >= 15 is 0 Å². The van der Waals surface area contributed by atoms with Gasteiger partial charge in [-0.2, -0.15) is 0 Å². The van der Waals surface area contributed by atoms with E-state index in [0.29, 0.717) is 11.4 Å². The lowest BCUT2D eigenvalue weighted by Gasteiger charge is -2.36. The van der Waals surface area contributed by atoms with Crippen LogP contribution in [0.1, 0.15) is 18.4 Å². The van der Waals surface area contributed by atoms with Gasteiger partial charge in [0.05, 0.1) is 19.9 Å². The van der Waals surface area contributed by atoms with Crippen LogP contribution in [0.15, 0.2) is 55.0 Å². The van der Waals surface area contributed by atoms with E-state index in [-0.39, 0.29) is 12.1 Å². The van der Waals surface area contributed by atoms with Crippen molar-refractivity contribution in [1.82, 2.24) is 19.4 Å². The second kappa shape index (κ2) is 11.1. The fraction of sp³-hybridized carbons (Fsp3) is 0.346. The molecule has 0 unspecified atom stereocenters. The molecule has 0 saturated carbocycles. The Balaban J connectivity index is 1.34. The third-order valence-electron chi connectivity index (χ3n) is 6.49. The Morgan fingerprint density at radius 1 is 1.11 bits per heavy atom. The van der Waals surface area contributed by atoms with Crippen LogP contribution in [0.2, 0.25) is 0 Å². The molecule has 1 saturated heterocycles. The molecular formula is C26H32N6O4. The highest BCUT2D eigenvalue weighted by Crippen LogP contribution is 2.29. The summed E-state index contributed by atoms with van der Waals surface area (Å²) >= 11 is 0. The van der Waals surface area contributed by atoms with Crippen LogP contribution >= 0.6 is 0 Å². The first-order valence-electron chi connectivity index (χ1n) is 11.8. The lowest BCUT2D eigenvalue weighted by molar-refractivity contribution is 0.132. The van der Waals surface area contributed by atoms with Gasteiger partial charge >= 0.3 is 12.1 Å². The molecule has 4 rings (SSSR count). The van der Waals surface area contributed by atoms with Gasteiger partial charge in [-0.25, -0.2) is 14.6 Å². The second-order valence-electron chi connectivity index (χ2n) is 8.83. The van der Waals surface area contributed by atoms with E-state index in [1.54, 1.807) is 43.5 Å². The number of carbonyl (C=O) groups excluding carboxylic acids is 2. The highest BCUT2D eigenvalue weighted by Gasteiger charge is 2.26. The summed E-state index contributed by atoms with van der Waals surface area (Å²) in [6.45, 7) is 2.61. The number of methoxy groups -OCH3 is 2. The van der Waals surface area contributed by atoms with E-state index < -0.39 is 6.03 Å². The maximum atomic E-state index is 13.1. The molecule has 1 aliphatic rings. The Morgan fingerprint density at radius 2 is 1.86 bits per heavy atom. The van der Waals surface area contributed by atoms with Crippen molar-refractivity contribution in [3.05, 3.63) is 60.6 Å². The van der Waals surface area contributed by atoms with Crippen molar-refractivity contribution in [1.29, 1.82) is 0 Å². The largest absolute Gasteiger partial charge is 0.493 e. The number of aromatic nitrogens is 2. The fourth-order valence-electron chi connectivity index (χ4n) is 4.52. The number of hydrogen-bond acceptors (Lipinski definition) is 6. The summed E-state index contributed by atoms with van der Waals surface area (Å²) in [5.41, 5.74) is 8.34. The monoisotopic (exact) mass is 492 g/mol. The Bertz CT molecular complexity index is 1220. The molecule has 1 aromatic heterocycles. The molecule has 2 heterocycles. The number of amides is 3. The van der Waals surface area contributed by atoms with Gasteiger partial charge in [0.15, 0.2) is 11.5 Å². The highest BCUT2D eigenvalue weighted by molar-refractivity contribution is 5.88. The van der Waals surface area contributed by atoms with E-state index in [1.807, 2.05) is 25.2 Å². The second-order valence-corrected chi connectivity index (χ2v) is 8.83. The third kappa shape index (κ3) is 5.77. The summed E-state index contributed by atoms with van der Waals surface area (Å²) in [4.78, 5) is 32.8. The molecular weight excluding hydrogens is 460 g/mol. The molecule has 10 nitrogen and oxygen atoms in total. The average molecular weight is 493 g/mol. The van der Waals surface area contributed by atoms with Crippen LogP contribution in [0.4, 0.5) is 15.3 Å². The first-order valence-corrected chi connectivity index (χ1v) is 11.8. The van der Waals surface area contributed by atoms with Crippen molar-refractivity contribution in [2.24, 2.45) is 5.73 Å². The van der Waals surface area contributed by atoms with Gasteiger partial charge in [0.25, 0.3) is 0 Å². The number of urea groups is 1. The Kier molecular flexibility index (Phi) is 7.74. The van der Waals surface area contributed by atoms with E-state index in [9.17, 15) is 9.59 Å². The molecule has 190 valence electrons. The smallest absolute Gasteiger partial charge is 0.329 e. The first-order chi connectivity index (χ1) is 17.4. The van der Waals surface area contributed by atoms with Crippen molar-refractivity contribution in [2.75, 3.05) is 39.7 Å². The molecule has 0 aliphatic carbocycles. The van der Waals surface area contributed by atoms with Crippen LogP contribution in [0.25, 0.3) is 11.3 Å². The van der Waals surface area contributed by atoms with E-state index in [4.69, 9.17) is 15.2 Å². The molecule has 0 spiro atoms. The molecule has 2 aromatic carbocycles. The summed E-state index contributed by atoms with van der Waals surface area (Å²) in [6, 6.07) is 12.5. The van der Waals surface area contributed by atoms with Crippen LogP contribution in [0.3, 0.4) is 0 Å². The fourth-order valence-corrected chi connectivity index (χ4v) is 4.52. The summed E-state index contributed by atoms with van der Waals surface area (Å²) in [5.74, 6) is 1.45. The van der Waals surface area contributed by atoms with Gasteiger partial charge in [-0.3, -0.25) is 9.47 Å². The van der Waals surface area contributed by atoms with Crippen LogP contribution in [-0.2, 0) is 6.54 Å². The normalized spacial score (nSPS) is 14.3. The zero-order chi connectivity index (χ0) is 25.7. The van der Waals surface area contributed by atoms with Crippen molar-refractivity contribution < 1.29 is 19.1 Å². The molecule has 1 aliphatic heterocycles. The number of primary amides is 1. The van der Waals surface area contributed by atoms with Gasteiger partial charge in [-0.05, 0) is 42.7 Å². The molecule has 3 aromatic rings. The van der Waals surface area contributed by atoms with Crippen LogP contribution < -0.4 is 20.5 Å². The number of imidazole rings is 1. The molecule has 0 bridgehead atoms. The number of ether oxygens (including phenoxy) is 2. The molecule has 3 amide bonds. The quantitative estimate of drug-likeness (QED) is 0.521. The van der Waals surface area contributed by atoms with Gasteiger partial charge in [0, 0.05) is 50.2 Å². The Morgan fingerprint density at radius 3 is 2.56 bits per heavy atom. The van der Waals surface area contributed by atoms with Crippen molar-refractivity contribution in [3.8, 4) is 22.8 Å². The number of nitrogens with two attached hydrogens (primary N) is 1. The predicted molar refractivity (Wildman–Crippen MR) is 137 cm³/mol. The van der Waals surface area contributed by atoms with Crippen molar-refractivity contribution >= 4 is 17.7 Å². The highest BCUT2D eigenvalue weighted by atomic mass is 16.5. The zero-order valence-corrected chi connectivity index (χ0v) is 20.8. The van der Waals surface area contributed by atoms with E-state index in [0.717, 1.165) is 55.1 Å². The average Bonchev–Trinajstić information content (AvgIpc) is 3.38. The SMILES string of the molecule is COc1ccc(CN2CCC(N(C)C(=O)n3cnc(-c4cccc(NC(N)=O)c4)c3)CC2)cc1OC. The summed E-state index contributed by atoms with van der Waals surface area (Å²) < 4.78 is 12.2. The Hall–Kier alpha value is -4.05. The summed E-state index contributed by atoms with van der Waals surface area (Å²) in [7, 11) is 5.11. The molecule has 0 atom stereocenters. The number of benzene rings is 2. The number of rotatable bonds is 7. The molecule has 3 N–H and O–H groups in total. The Labute approximate surface area is 210 Å². The number of piperidine rings is 1. The van der Waals surface area contributed by atoms with Gasteiger partial charge in [0.2, 0.25) is 0 Å². The van der Waals surface area contributed by atoms with Crippen LogP contribution in [0, 0.1) is 0 Å². The summed E-state index contributed by atoms with van der Waals surface area (Å²) in [5, 5.41) is 2.55. The predicted octanol–water partition coefficient (Wildman–Crippen LogP) is 3.62. The molecule has 36 heavy (non-hydrogen) atoms. The minimum Gasteiger partial charge on any atom is -0.493 e. The number of nitrogens with zero attached hydrogens (tertiary/aromatic N) is 4. The standard InChI is InChI=1S/C26H32N6O4/c1-30(21-9-11-31(12-10-21)15-18-7-8-23(35-2)24(13-18)36-3)26(34)32-16-22(28-17-32)19-5-4-6-20(14-19)29-25(27)33/h4-8,13-14,16-17,21H,9-12,15H2,1-3H3,(H3,27,29,33). The van der Waals surface area contributed by atoms with Gasteiger partial charge in [0.1, 0.15) is 6.33 Å². The maximum absolute atomic E-state index is 13.1. The number of nitrogens with one attached hydrogen (secondary N) is 1.